The van der Waals surface area contributed by atoms with Gasteiger partial charge in [0.15, 0.2) is 5.69 Å². The predicted molar refractivity (Wildman–Crippen MR) is 59.9 cm³/mol. The van der Waals surface area contributed by atoms with Gasteiger partial charge in [-0.2, -0.15) is 0 Å². The Balaban J connectivity index is 1.58. The number of carboxylic acid groups (broad SMARTS) is 1. The zero-order chi connectivity index (χ0) is 12.9. The van der Waals surface area contributed by atoms with Crippen molar-refractivity contribution in [1.82, 2.24) is 19.9 Å². The summed E-state index contributed by atoms with van der Waals surface area (Å²) in [5.41, 5.74) is -0.0596. The van der Waals surface area contributed by atoms with E-state index in [4.69, 9.17) is 5.11 Å². The fourth-order valence-electron chi connectivity index (χ4n) is 2.26. The summed E-state index contributed by atoms with van der Waals surface area (Å²) >= 11 is 0. The minimum atomic E-state index is -1.08. The number of hydrogen-bond acceptors (Lipinski definition) is 4. The third-order valence-electron chi connectivity index (χ3n) is 3.70. The van der Waals surface area contributed by atoms with Crippen molar-refractivity contribution < 1.29 is 14.7 Å². The third-order valence-corrected chi connectivity index (χ3v) is 3.70. The molecule has 7 heteroatoms. The summed E-state index contributed by atoms with van der Waals surface area (Å²) in [6.07, 6.45) is 2.40. The van der Waals surface area contributed by atoms with Gasteiger partial charge in [-0.05, 0) is 12.3 Å². The molecule has 1 aliphatic carbocycles. The van der Waals surface area contributed by atoms with Crippen LogP contribution in [0.4, 0.5) is 0 Å². The fraction of sp³-hybridized carbons (Fsp3) is 0.636. The van der Waals surface area contributed by atoms with E-state index in [0.29, 0.717) is 19.0 Å². The molecule has 0 radical (unpaired) electrons. The molecule has 1 N–H and O–H groups in total. The maximum absolute atomic E-state index is 11.9. The largest absolute Gasteiger partial charge is 0.476 e. The summed E-state index contributed by atoms with van der Waals surface area (Å²) in [5, 5.41) is 16.1. The van der Waals surface area contributed by atoms with Crippen LogP contribution >= 0.6 is 0 Å². The Morgan fingerprint density at radius 3 is 2.61 bits per heavy atom. The Labute approximate surface area is 103 Å². The lowest BCUT2D eigenvalue weighted by atomic mass is 10.1. The van der Waals surface area contributed by atoms with Gasteiger partial charge in [0.1, 0.15) is 0 Å². The van der Waals surface area contributed by atoms with E-state index in [1.165, 1.54) is 10.9 Å². The molecule has 2 fully saturated rings. The number of carbonyl (C=O) groups excluding carboxylic acids is 1. The van der Waals surface area contributed by atoms with Gasteiger partial charge in [-0.15, -0.1) is 5.10 Å². The molecule has 2 unspecified atom stereocenters. The van der Waals surface area contributed by atoms with Gasteiger partial charge in [-0.3, -0.25) is 4.79 Å². The molecule has 7 nitrogen and oxygen atoms in total. The molecule has 2 atom stereocenters. The van der Waals surface area contributed by atoms with E-state index >= 15 is 0 Å². The van der Waals surface area contributed by atoms with Crippen LogP contribution in [-0.4, -0.2) is 50.0 Å². The highest BCUT2D eigenvalue weighted by atomic mass is 16.4. The van der Waals surface area contributed by atoms with E-state index in [9.17, 15) is 9.59 Å². The monoisotopic (exact) mass is 250 g/mol. The number of nitrogens with zero attached hydrogens (tertiary/aromatic N) is 4. The molecule has 2 heterocycles. The first-order valence-electron chi connectivity index (χ1n) is 6.00. The minimum absolute atomic E-state index is 0.0589. The highest BCUT2D eigenvalue weighted by molar-refractivity contribution is 5.84. The summed E-state index contributed by atoms with van der Waals surface area (Å²) in [6.45, 7) is 3.28. The zero-order valence-electron chi connectivity index (χ0n) is 9.98. The van der Waals surface area contributed by atoms with Crippen molar-refractivity contribution in [2.45, 2.75) is 19.4 Å². The Kier molecular flexibility index (Phi) is 2.36. The van der Waals surface area contributed by atoms with Gasteiger partial charge in [-0.25, -0.2) is 9.48 Å². The first-order valence-corrected chi connectivity index (χ1v) is 6.00. The van der Waals surface area contributed by atoms with E-state index in [-0.39, 0.29) is 23.6 Å². The fourth-order valence-corrected chi connectivity index (χ4v) is 2.26. The third kappa shape index (κ3) is 1.75. The second kappa shape index (κ2) is 3.79. The number of hydrogen-bond donors (Lipinski definition) is 1. The normalized spacial score (nSPS) is 26.8. The number of carbonyl (C=O) groups is 2. The molecular weight excluding hydrogens is 236 g/mol. The molecule has 1 saturated carbocycles. The zero-order valence-corrected chi connectivity index (χ0v) is 9.98. The second-order valence-corrected chi connectivity index (χ2v) is 5.11. The number of carboxylic acids is 1. The summed E-state index contributed by atoms with van der Waals surface area (Å²) in [4.78, 5) is 24.4. The van der Waals surface area contributed by atoms with Crippen LogP contribution in [0.25, 0.3) is 0 Å². The molecule has 0 aromatic carbocycles. The average Bonchev–Trinajstić information content (AvgIpc) is 2.79. The van der Waals surface area contributed by atoms with Gasteiger partial charge < -0.3 is 10.0 Å². The molecule has 1 saturated heterocycles. The number of amides is 1. The van der Waals surface area contributed by atoms with E-state index in [0.717, 1.165) is 6.42 Å². The minimum Gasteiger partial charge on any atom is -0.476 e. The van der Waals surface area contributed by atoms with Crippen molar-refractivity contribution in [3.63, 3.8) is 0 Å². The smallest absolute Gasteiger partial charge is 0.358 e. The van der Waals surface area contributed by atoms with E-state index < -0.39 is 5.97 Å². The molecule has 1 aromatic rings. The molecule has 0 spiro atoms. The molecular formula is C11H14N4O3. The van der Waals surface area contributed by atoms with Crippen molar-refractivity contribution in [3.8, 4) is 0 Å². The van der Waals surface area contributed by atoms with Crippen molar-refractivity contribution >= 4 is 11.9 Å². The maximum Gasteiger partial charge on any atom is 0.358 e. The Hall–Kier alpha value is -1.92. The van der Waals surface area contributed by atoms with Gasteiger partial charge in [0, 0.05) is 19.0 Å². The van der Waals surface area contributed by atoms with Gasteiger partial charge in [0.2, 0.25) is 5.91 Å². The van der Waals surface area contributed by atoms with Crippen LogP contribution in [0.2, 0.25) is 0 Å². The van der Waals surface area contributed by atoms with Crippen LogP contribution in [0.3, 0.4) is 0 Å². The average molecular weight is 250 g/mol. The summed E-state index contributed by atoms with van der Waals surface area (Å²) in [7, 11) is 0. The van der Waals surface area contributed by atoms with Crippen LogP contribution in [0.5, 0.6) is 0 Å². The highest BCUT2D eigenvalue weighted by Gasteiger charge is 2.45. The van der Waals surface area contributed by atoms with Crippen molar-refractivity contribution in [3.05, 3.63) is 11.9 Å². The summed E-state index contributed by atoms with van der Waals surface area (Å²) in [6, 6.07) is 0.0589. The summed E-state index contributed by atoms with van der Waals surface area (Å²) in [5.74, 6) is -0.143. The van der Waals surface area contributed by atoms with E-state index in [1.807, 2.05) is 0 Å². The van der Waals surface area contributed by atoms with Crippen LogP contribution < -0.4 is 0 Å². The molecule has 96 valence electrons. The molecule has 0 bridgehead atoms. The van der Waals surface area contributed by atoms with Crippen LogP contribution in [-0.2, 0) is 4.79 Å². The topological polar surface area (TPSA) is 88.3 Å². The van der Waals surface area contributed by atoms with Crippen molar-refractivity contribution in [2.75, 3.05) is 13.1 Å². The first-order chi connectivity index (χ1) is 8.56. The van der Waals surface area contributed by atoms with Gasteiger partial charge >= 0.3 is 5.97 Å². The Bertz CT molecular complexity index is 506. The van der Waals surface area contributed by atoms with Gasteiger partial charge in [-0.1, -0.05) is 12.1 Å². The number of likely N-dealkylation sites (tertiary alicyclic amines) is 1. The van der Waals surface area contributed by atoms with E-state index in [1.54, 1.807) is 4.90 Å². The number of rotatable bonds is 3. The van der Waals surface area contributed by atoms with Crippen LogP contribution in [0.1, 0.15) is 29.9 Å². The van der Waals surface area contributed by atoms with Crippen molar-refractivity contribution in [1.29, 1.82) is 0 Å². The highest BCUT2D eigenvalue weighted by Crippen LogP contribution is 2.40. The molecule has 18 heavy (non-hydrogen) atoms. The van der Waals surface area contributed by atoms with Crippen LogP contribution in [0.15, 0.2) is 6.20 Å². The molecule has 3 rings (SSSR count). The Morgan fingerprint density at radius 2 is 2.11 bits per heavy atom. The summed E-state index contributed by atoms with van der Waals surface area (Å²) < 4.78 is 1.53. The molecule has 1 aromatic heterocycles. The number of aromatic nitrogens is 3. The quantitative estimate of drug-likeness (QED) is 0.816. The number of aromatic carboxylic acids is 1. The first kappa shape index (κ1) is 11.2. The maximum atomic E-state index is 11.9. The lowest BCUT2D eigenvalue weighted by molar-refractivity contribution is -0.138. The molecule has 2 aliphatic rings. The van der Waals surface area contributed by atoms with E-state index in [2.05, 4.69) is 17.2 Å². The lowest BCUT2D eigenvalue weighted by Crippen LogP contribution is -2.51. The predicted octanol–water partition coefficient (Wildman–Crippen LogP) is 0.0156. The van der Waals surface area contributed by atoms with Crippen molar-refractivity contribution in [2.24, 2.45) is 11.8 Å². The second-order valence-electron chi connectivity index (χ2n) is 5.11. The Morgan fingerprint density at radius 1 is 1.44 bits per heavy atom. The standard InChI is InChI=1S/C11H14N4O3/c1-6-2-8(6)10(16)14-3-7(4-14)15-5-9(11(17)18)12-13-15/h5-8H,2-4H2,1H3,(H,17,18). The van der Waals surface area contributed by atoms with Gasteiger partial charge in [0.25, 0.3) is 0 Å². The lowest BCUT2D eigenvalue weighted by Gasteiger charge is -2.39. The van der Waals surface area contributed by atoms with Crippen LogP contribution in [0, 0.1) is 11.8 Å². The SMILES string of the molecule is CC1CC1C(=O)N1CC(n2cc(C(=O)O)nn2)C1. The molecule has 1 amide bonds. The molecule has 1 aliphatic heterocycles. The van der Waals surface area contributed by atoms with Gasteiger partial charge in [0.05, 0.1) is 12.2 Å².